The van der Waals surface area contributed by atoms with Gasteiger partial charge in [0.25, 0.3) is 0 Å². The van der Waals surface area contributed by atoms with Gasteiger partial charge in [-0.25, -0.2) is 4.79 Å². The monoisotopic (exact) mass is 331 g/mol. The Balaban J connectivity index is 1.91. The summed E-state index contributed by atoms with van der Waals surface area (Å²) < 4.78 is 5.36. The van der Waals surface area contributed by atoms with Crippen molar-refractivity contribution < 1.29 is 9.53 Å². The van der Waals surface area contributed by atoms with Crippen LogP contribution in [0.25, 0.3) is 0 Å². The molecule has 3 heteroatoms. The van der Waals surface area contributed by atoms with Crippen molar-refractivity contribution in [2.75, 3.05) is 0 Å². The second kappa shape index (κ2) is 9.96. The maximum absolute atomic E-state index is 12.2. The van der Waals surface area contributed by atoms with Gasteiger partial charge in [0, 0.05) is 11.5 Å². The van der Waals surface area contributed by atoms with Crippen LogP contribution in [0.3, 0.4) is 0 Å². The van der Waals surface area contributed by atoms with Crippen molar-refractivity contribution in [2.45, 2.75) is 39.0 Å². The number of hydrogen-bond donors (Lipinski definition) is 0. The van der Waals surface area contributed by atoms with E-state index in [1.54, 1.807) is 30.3 Å². The van der Waals surface area contributed by atoms with E-state index in [1.807, 2.05) is 24.3 Å². The third kappa shape index (κ3) is 6.16. The number of nitriles is 1. The molecule has 0 aliphatic rings. The molecule has 0 unspecified atom stereocenters. The molecular formula is C22H21NO2. The maximum atomic E-state index is 12.2. The first-order valence-corrected chi connectivity index (χ1v) is 8.54. The van der Waals surface area contributed by atoms with E-state index in [1.165, 1.54) is 31.2 Å². The summed E-state index contributed by atoms with van der Waals surface area (Å²) >= 11 is 0. The summed E-state index contributed by atoms with van der Waals surface area (Å²) in [5, 5.41) is 8.43. The minimum atomic E-state index is -0.381. The summed E-state index contributed by atoms with van der Waals surface area (Å²) in [7, 11) is 0. The number of aryl methyl sites for hydroxylation is 1. The molecule has 0 saturated heterocycles. The van der Waals surface area contributed by atoms with Crippen LogP contribution >= 0.6 is 0 Å². The van der Waals surface area contributed by atoms with Crippen molar-refractivity contribution in [3.63, 3.8) is 0 Å². The van der Waals surface area contributed by atoms with Crippen molar-refractivity contribution in [3.05, 3.63) is 65.2 Å². The number of nitrogens with zero attached hydrogens (tertiary/aromatic N) is 1. The minimum Gasteiger partial charge on any atom is -0.423 e. The summed E-state index contributed by atoms with van der Waals surface area (Å²) in [5.74, 6) is 5.08. The molecule has 0 atom stereocenters. The second-order valence-corrected chi connectivity index (χ2v) is 5.78. The first-order chi connectivity index (χ1) is 12.2. The van der Waals surface area contributed by atoms with Crippen LogP contribution in [0.1, 0.15) is 54.1 Å². The predicted octanol–water partition coefficient (Wildman–Crippen LogP) is 4.90. The molecule has 25 heavy (non-hydrogen) atoms. The van der Waals surface area contributed by atoms with Gasteiger partial charge >= 0.3 is 5.97 Å². The Labute approximate surface area is 149 Å². The standard InChI is InChI=1S/C22H21NO2/c1-2-3-4-5-7-18-9-13-20(14-10-18)22(24)25-21-15-11-19(12-16-21)8-6-17-23/h9-16H,2-5,7H2,1H3. The van der Waals surface area contributed by atoms with Crippen molar-refractivity contribution in [1.82, 2.24) is 0 Å². The molecule has 0 aliphatic carbocycles. The van der Waals surface area contributed by atoms with Gasteiger partial charge in [-0.15, -0.1) is 0 Å². The SMILES string of the molecule is CCCCCCc1ccc(C(=O)Oc2ccc(C#CC#N)cc2)cc1. The van der Waals surface area contributed by atoms with Gasteiger partial charge in [-0.2, -0.15) is 5.26 Å². The molecular weight excluding hydrogens is 310 g/mol. The largest absolute Gasteiger partial charge is 0.423 e. The van der Waals surface area contributed by atoms with Crippen LogP contribution in [0, 0.1) is 23.2 Å². The topological polar surface area (TPSA) is 50.1 Å². The van der Waals surface area contributed by atoms with Gasteiger partial charge in [0.1, 0.15) is 5.75 Å². The molecule has 0 N–H and O–H groups in total. The summed E-state index contributed by atoms with van der Waals surface area (Å²) in [6.07, 6.45) is 5.97. The number of carbonyl (C=O) groups is 1. The minimum absolute atomic E-state index is 0.381. The molecule has 0 spiro atoms. The van der Waals surface area contributed by atoms with Gasteiger partial charge in [-0.05, 0) is 54.8 Å². The molecule has 0 aliphatic heterocycles. The number of esters is 1. The maximum Gasteiger partial charge on any atom is 0.343 e. The fourth-order valence-electron chi connectivity index (χ4n) is 2.44. The quantitative estimate of drug-likeness (QED) is 0.314. The summed E-state index contributed by atoms with van der Waals surface area (Å²) in [6.45, 7) is 2.20. The number of hydrogen-bond acceptors (Lipinski definition) is 3. The smallest absolute Gasteiger partial charge is 0.343 e. The lowest BCUT2D eigenvalue weighted by molar-refractivity contribution is 0.0734. The van der Waals surface area contributed by atoms with Crippen molar-refractivity contribution >= 4 is 5.97 Å². The molecule has 0 radical (unpaired) electrons. The number of ether oxygens (including phenoxy) is 1. The molecule has 3 nitrogen and oxygen atoms in total. The Hall–Kier alpha value is -3.04. The Morgan fingerprint density at radius 1 is 1.00 bits per heavy atom. The Morgan fingerprint density at radius 3 is 2.36 bits per heavy atom. The lowest BCUT2D eigenvalue weighted by Gasteiger charge is -2.06. The van der Waals surface area contributed by atoms with Crippen LogP contribution < -0.4 is 4.74 Å². The normalized spacial score (nSPS) is 9.60. The van der Waals surface area contributed by atoms with E-state index in [-0.39, 0.29) is 5.97 Å². The molecule has 0 fully saturated rings. The van der Waals surface area contributed by atoms with E-state index in [0.717, 1.165) is 6.42 Å². The van der Waals surface area contributed by atoms with Gasteiger partial charge in [-0.1, -0.05) is 44.2 Å². The number of unbranched alkanes of at least 4 members (excludes halogenated alkanes) is 3. The molecule has 2 aromatic carbocycles. The summed E-state index contributed by atoms with van der Waals surface area (Å²) in [4.78, 5) is 12.2. The van der Waals surface area contributed by atoms with Gasteiger partial charge in [0.05, 0.1) is 5.56 Å². The molecule has 2 aromatic rings. The van der Waals surface area contributed by atoms with Crippen molar-refractivity contribution in [2.24, 2.45) is 0 Å². The van der Waals surface area contributed by atoms with Crippen LogP contribution in [0.4, 0.5) is 0 Å². The summed E-state index contributed by atoms with van der Waals surface area (Å²) in [6, 6.07) is 16.1. The van der Waals surface area contributed by atoms with Crippen LogP contribution in [0.2, 0.25) is 0 Å². The van der Waals surface area contributed by atoms with Crippen molar-refractivity contribution in [3.8, 4) is 23.7 Å². The van der Waals surface area contributed by atoms with E-state index in [4.69, 9.17) is 10.00 Å². The van der Waals surface area contributed by atoms with Crippen molar-refractivity contribution in [1.29, 1.82) is 5.26 Å². The molecule has 0 amide bonds. The zero-order chi connectivity index (χ0) is 17.9. The molecule has 0 aromatic heterocycles. The highest BCUT2D eigenvalue weighted by Crippen LogP contribution is 2.15. The molecule has 126 valence electrons. The van der Waals surface area contributed by atoms with E-state index in [9.17, 15) is 4.79 Å². The molecule has 0 heterocycles. The van der Waals surface area contributed by atoms with Gasteiger partial charge < -0.3 is 4.74 Å². The predicted molar refractivity (Wildman–Crippen MR) is 98.2 cm³/mol. The average Bonchev–Trinajstić information content (AvgIpc) is 2.65. The highest BCUT2D eigenvalue weighted by Gasteiger charge is 2.08. The van der Waals surface area contributed by atoms with E-state index in [0.29, 0.717) is 16.9 Å². The van der Waals surface area contributed by atoms with Crippen LogP contribution in [-0.4, -0.2) is 5.97 Å². The summed E-state index contributed by atoms with van der Waals surface area (Å²) in [5.41, 5.74) is 2.48. The first-order valence-electron chi connectivity index (χ1n) is 8.54. The Morgan fingerprint density at radius 2 is 1.72 bits per heavy atom. The zero-order valence-corrected chi connectivity index (χ0v) is 14.4. The van der Waals surface area contributed by atoms with Gasteiger partial charge in [-0.3, -0.25) is 0 Å². The molecule has 2 rings (SSSR count). The second-order valence-electron chi connectivity index (χ2n) is 5.78. The highest BCUT2D eigenvalue weighted by molar-refractivity contribution is 5.91. The van der Waals surface area contributed by atoms with Crippen LogP contribution in [0.15, 0.2) is 48.5 Å². The fourth-order valence-corrected chi connectivity index (χ4v) is 2.44. The molecule has 0 bridgehead atoms. The Kier molecular flexibility index (Phi) is 7.29. The third-order valence-electron chi connectivity index (χ3n) is 3.84. The average molecular weight is 331 g/mol. The highest BCUT2D eigenvalue weighted by atomic mass is 16.5. The zero-order valence-electron chi connectivity index (χ0n) is 14.4. The van der Waals surface area contributed by atoms with Gasteiger partial charge in [0.2, 0.25) is 0 Å². The number of carbonyl (C=O) groups excluding carboxylic acids is 1. The number of rotatable bonds is 7. The van der Waals surface area contributed by atoms with E-state index < -0.39 is 0 Å². The van der Waals surface area contributed by atoms with Gasteiger partial charge in [0.15, 0.2) is 6.07 Å². The van der Waals surface area contributed by atoms with Crippen LogP contribution in [0.5, 0.6) is 5.75 Å². The van der Waals surface area contributed by atoms with E-state index >= 15 is 0 Å². The first kappa shape index (κ1) is 18.3. The third-order valence-corrected chi connectivity index (χ3v) is 3.84. The van der Waals surface area contributed by atoms with Crippen LogP contribution in [-0.2, 0) is 6.42 Å². The number of benzene rings is 2. The lowest BCUT2D eigenvalue weighted by Crippen LogP contribution is -2.08. The van der Waals surface area contributed by atoms with E-state index in [2.05, 4.69) is 18.8 Å². The lowest BCUT2D eigenvalue weighted by atomic mass is 10.0. The molecule has 0 saturated carbocycles. The fraction of sp³-hybridized carbons (Fsp3) is 0.273. The Bertz CT molecular complexity index is 787.